The summed E-state index contributed by atoms with van der Waals surface area (Å²) in [6.07, 6.45) is 1.39. The van der Waals surface area contributed by atoms with Crippen LogP contribution in [0, 0.1) is 0 Å². The molecule has 1 aliphatic rings. The van der Waals surface area contributed by atoms with Crippen molar-refractivity contribution in [1.29, 1.82) is 0 Å². The van der Waals surface area contributed by atoms with E-state index >= 15 is 0 Å². The molecule has 0 aliphatic heterocycles. The van der Waals surface area contributed by atoms with Crippen molar-refractivity contribution in [2.45, 2.75) is 22.3 Å². The molecule has 4 nitrogen and oxygen atoms in total. The summed E-state index contributed by atoms with van der Waals surface area (Å²) in [5, 5.41) is 8.36. The Bertz CT molecular complexity index is 467. The van der Waals surface area contributed by atoms with E-state index in [1.165, 1.54) is 12.1 Å². The molecule has 14 heavy (non-hydrogen) atoms. The highest BCUT2D eigenvalue weighted by Crippen LogP contribution is 2.36. The van der Waals surface area contributed by atoms with E-state index in [-0.39, 0.29) is 14.3 Å². The van der Waals surface area contributed by atoms with Gasteiger partial charge in [-0.1, -0.05) is 0 Å². The van der Waals surface area contributed by atoms with Crippen molar-refractivity contribution in [1.82, 2.24) is 0 Å². The predicted octanol–water partition coefficient (Wildman–Crippen LogP) is 1.38. The Balaban J connectivity index is 2.37. The third-order valence-corrected chi connectivity index (χ3v) is 5.90. The molecule has 1 aromatic rings. The number of carboxylic acids is 1. The molecule has 6 heteroatoms. The Hall–Kier alpha value is -0.880. The Labute approximate surface area is 85.1 Å². The zero-order valence-corrected chi connectivity index (χ0v) is 8.77. The first-order valence-electron chi connectivity index (χ1n) is 4.09. The number of sulfone groups is 1. The van der Waals surface area contributed by atoms with Crippen molar-refractivity contribution in [3.63, 3.8) is 0 Å². The van der Waals surface area contributed by atoms with Gasteiger partial charge in [0, 0.05) is 0 Å². The van der Waals surface area contributed by atoms with Gasteiger partial charge in [0.05, 0.1) is 5.25 Å². The molecule has 0 atom stereocenters. The zero-order chi connectivity index (χ0) is 10.3. The van der Waals surface area contributed by atoms with Gasteiger partial charge in [-0.15, -0.1) is 11.3 Å². The molecule has 0 radical (unpaired) electrons. The predicted molar refractivity (Wildman–Crippen MR) is 51.5 cm³/mol. The van der Waals surface area contributed by atoms with Crippen LogP contribution in [0.5, 0.6) is 0 Å². The molecule has 0 aromatic carbocycles. The van der Waals surface area contributed by atoms with Crippen LogP contribution in [0.1, 0.15) is 22.5 Å². The van der Waals surface area contributed by atoms with Gasteiger partial charge >= 0.3 is 5.97 Å². The summed E-state index contributed by atoms with van der Waals surface area (Å²) in [6.45, 7) is 0. The Morgan fingerprint density at radius 3 is 2.50 bits per heavy atom. The van der Waals surface area contributed by atoms with Crippen LogP contribution in [0.2, 0.25) is 0 Å². The van der Waals surface area contributed by atoms with Crippen molar-refractivity contribution < 1.29 is 18.3 Å². The minimum Gasteiger partial charge on any atom is -0.477 e. The summed E-state index contributed by atoms with van der Waals surface area (Å²) < 4.78 is 23.5. The molecule has 2 rings (SSSR count). The number of aromatic carboxylic acids is 1. The van der Waals surface area contributed by atoms with E-state index in [4.69, 9.17) is 5.11 Å². The highest BCUT2D eigenvalue weighted by Gasteiger charge is 2.37. The average molecular weight is 232 g/mol. The maximum Gasteiger partial charge on any atom is 0.345 e. The molecule has 0 spiro atoms. The Morgan fingerprint density at radius 2 is 2.07 bits per heavy atom. The van der Waals surface area contributed by atoms with E-state index in [9.17, 15) is 13.2 Å². The van der Waals surface area contributed by atoms with Crippen molar-refractivity contribution in [2.75, 3.05) is 0 Å². The van der Waals surface area contributed by atoms with Crippen molar-refractivity contribution >= 4 is 27.1 Å². The van der Waals surface area contributed by atoms with Crippen molar-refractivity contribution in [3.8, 4) is 0 Å². The molecule has 0 amide bonds. The number of rotatable bonds is 3. The van der Waals surface area contributed by atoms with Gasteiger partial charge in [-0.25, -0.2) is 13.2 Å². The first-order chi connectivity index (χ1) is 6.51. The van der Waals surface area contributed by atoms with E-state index in [2.05, 4.69) is 0 Å². The van der Waals surface area contributed by atoms with E-state index < -0.39 is 15.8 Å². The minimum atomic E-state index is -3.22. The molecule has 1 fully saturated rings. The van der Waals surface area contributed by atoms with Crippen molar-refractivity contribution in [3.05, 3.63) is 17.0 Å². The van der Waals surface area contributed by atoms with E-state index in [0.717, 1.165) is 11.3 Å². The molecule has 0 saturated heterocycles. The standard InChI is InChI=1S/C8H8O4S2/c9-8(10)6-3-4-7(13-6)14(11,12)5-1-2-5/h3-5H,1-2H2,(H,9,10). The second-order valence-electron chi connectivity index (χ2n) is 3.17. The van der Waals surface area contributed by atoms with Crippen LogP contribution in [-0.2, 0) is 9.84 Å². The van der Waals surface area contributed by atoms with Crippen LogP contribution in [0.15, 0.2) is 16.3 Å². The quantitative estimate of drug-likeness (QED) is 0.854. The molecule has 0 unspecified atom stereocenters. The lowest BCUT2D eigenvalue weighted by atomic mass is 10.5. The van der Waals surface area contributed by atoms with Gasteiger partial charge in [-0.05, 0) is 25.0 Å². The lowest BCUT2D eigenvalue weighted by Crippen LogP contribution is -2.04. The zero-order valence-electron chi connectivity index (χ0n) is 7.13. The highest BCUT2D eigenvalue weighted by atomic mass is 32.2. The van der Waals surface area contributed by atoms with Crippen LogP contribution in [-0.4, -0.2) is 24.7 Å². The van der Waals surface area contributed by atoms with Gasteiger partial charge in [0.2, 0.25) is 0 Å². The largest absolute Gasteiger partial charge is 0.477 e. The highest BCUT2D eigenvalue weighted by molar-refractivity contribution is 7.94. The summed E-state index contributed by atoms with van der Waals surface area (Å²) >= 11 is 0.829. The van der Waals surface area contributed by atoms with Crippen LogP contribution in [0.3, 0.4) is 0 Å². The summed E-state index contributed by atoms with van der Waals surface area (Å²) in [5.41, 5.74) is 0. The molecule has 1 aromatic heterocycles. The number of hydrogen-bond donors (Lipinski definition) is 1. The van der Waals surface area contributed by atoms with E-state index in [0.29, 0.717) is 12.8 Å². The fourth-order valence-corrected chi connectivity index (χ4v) is 4.19. The summed E-state index contributed by atoms with van der Waals surface area (Å²) in [7, 11) is -3.22. The van der Waals surface area contributed by atoms with Gasteiger partial charge in [0.25, 0.3) is 0 Å². The van der Waals surface area contributed by atoms with Gasteiger partial charge in [-0.3, -0.25) is 0 Å². The Kier molecular flexibility index (Phi) is 2.11. The summed E-state index contributed by atoms with van der Waals surface area (Å²) in [4.78, 5) is 10.6. The molecule has 1 heterocycles. The van der Waals surface area contributed by atoms with Crippen LogP contribution in [0.25, 0.3) is 0 Å². The van der Waals surface area contributed by atoms with Crippen LogP contribution >= 0.6 is 11.3 Å². The maximum absolute atomic E-state index is 11.6. The second-order valence-corrected chi connectivity index (χ2v) is 6.71. The molecular weight excluding hydrogens is 224 g/mol. The van der Waals surface area contributed by atoms with Crippen LogP contribution < -0.4 is 0 Å². The number of thiophene rings is 1. The topological polar surface area (TPSA) is 71.4 Å². The normalized spacial score (nSPS) is 16.9. The molecule has 1 aliphatic carbocycles. The minimum absolute atomic E-state index is 0.0734. The second kappa shape index (κ2) is 3.06. The monoisotopic (exact) mass is 232 g/mol. The molecule has 1 saturated carbocycles. The third-order valence-electron chi connectivity index (χ3n) is 2.04. The van der Waals surface area contributed by atoms with Gasteiger partial charge < -0.3 is 5.11 Å². The number of carbonyl (C=O) groups is 1. The fraction of sp³-hybridized carbons (Fsp3) is 0.375. The summed E-state index contributed by atoms with van der Waals surface area (Å²) in [5.74, 6) is -1.08. The molecule has 76 valence electrons. The van der Waals surface area contributed by atoms with Crippen molar-refractivity contribution in [2.24, 2.45) is 0 Å². The SMILES string of the molecule is O=C(O)c1ccc(S(=O)(=O)C2CC2)s1. The van der Waals surface area contributed by atoms with Gasteiger partial charge in [0.1, 0.15) is 9.09 Å². The molecular formula is C8H8O4S2. The number of hydrogen-bond acceptors (Lipinski definition) is 4. The lowest BCUT2D eigenvalue weighted by molar-refractivity contribution is 0.0702. The van der Waals surface area contributed by atoms with Gasteiger partial charge in [-0.2, -0.15) is 0 Å². The molecule has 0 bridgehead atoms. The lowest BCUT2D eigenvalue weighted by Gasteiger charge is -1.95. The van der Waals surface area contributed by atoms with E-state index in [1.807, 2.05) is 0 Å². The maximum atomic E-state index is 11.6. The Morgan fingerprint density at radius 1 is 1.43 bits per heavy atom. The number of carboxylic acid groups (broad SMARTS) is 1. The third kappa shape index (κ3) is 1.55. The van der Waals surface area contributed by atoms with Crippen LogP contribution in [0.4, 0.5) is 0 Å². The smallest absolute Gasteiger partial charge is 0.345 e. The first-order valence-corrected chi connectivity index (χ1v) is 6.45. The molecule has 1 N–H and O–H groups in total. The van der Waals surface area contributed by atoms with E-state index in [1.54, 1.807) is 0 Å². The first kappa shape index (κ1) is 9.67. The van der Waals surface area contributed by atoms with Gasteiger partial charge in [0.15, 0.2) is 9.84 Å². The average Bonchev–Trinajstić information content (AvgIpc) is 2.82. The summed E-state index contributed by atoms with van der Waals surface area (Å²) in [6, 6.07) is 2.71. The fourth-order valence-electron chi connectivity index (χ4n) is 1.13.